The van der Waals surface area contributed by atoms with Crippen molar-refractivity contribution in [3.8, 4) is 0 Å². The Balaban J connectivity index is 1.64. The van der Waals surface area contributed by atoms with Crippen molar-refractivity contribution in [3.63, 3.8) is 0 Å². The van der Waals surface area contributed by atoms with Crippen LogP contribution in [0.15, 0.2) is 35.5 Å². The number of carbonyl (C=O) groups excluding carboxylic acids is 1. The lowest BCUT2D eigenvalue weighted by atomic mass is 10.2. The van der Waals surface area contributed by atoms with E-state index in [1.807, 2.05) is 6.07 Å². The molecule has 1 aliphatic rings. The van der Waals surface area contributed by atoms with Gasteiger partial charge < -0.3 is 15.0 Å². The molecule has 1 saturated heterocycles. The molecule has 7 heteroatoms. The fraction of sp³-hybridized carbons (Fsp3) is 0.500. The molecule has 0 spiro atoms. The van der Waals surface area contributed by atoms with Crippen LogP contribution >= 0.6 is 11.8 Å². The van der Waals surface area contributed by atoms with E-state index in [2.05, 4.69) is 39.0 Å². The van der Waals surface area contributed by atoms with Gasteiger partial charge in [-0.1, -0.05) is 42.1 Å². The quantitative estimate of drug-likeness (QED) is 0.693. The van der Waals surface area contributed by atoms with Crippen LogP contribution in [0.25, 0.3) is 0 Å². The number of benzene rings is 1. The molecule has 1 fully saturated rings. The molecule has 3 rings (SSSR count). The highest BCUT2D eigenvalue weighted by Gasteiger charge is 2.21. The minimum absolute atomic E-state index is 0.205. The Labute approximate surface area is 152 Å². The highest BCUT2D eigenvalue weighted by atomic mass is 32.2. The monoisotopic (exact) mass is 360 g/mol. The summed E-state index contributed by atoms with van der Waals surface area (Å²) in [6, 6.07) is 10.4. The van der Waals surface area contributed by atoms with Crippen LogP contribution in [0.4, 0.5) is 0 Å². The molecule has 1 unspecified atom stereocenters. The Hall–Kier alpha value is -1.86. The third-order valence-corrected chi connectivity index (χ3v) is 5.23. The predicted octanol–water partition coefficient (Wildman–Crippen LogP) is 2.21. The molecule has 6 nitrogen and oxygen atoms in total. The van der Waals surface area contributed by atoms with Crippen molar-refractivity contribution in [1.29, 1.82) is 0 Å². The van der Waals surface area contributed by atoms with Crippen LogP contribution in [-0.2, 0) is 28.9 Å². The van der Waals surface area contributed by atoms with Crippen molar-refractivity contribution >= 4 is 17.7 Å². The van der Waals surface area contributed by atoms with E-state index in [1.54, 1.807) is 11.8 Å². The summed E-state index contributed by atoms with van der Waals surface area (Å²) in [4.78, 5) is 11.1. The highest BCUT2D eigenvalue weighted by molar-refractivity contribution is 7.99. The number of hydrogen-bond acceptors (Lipinski definition) is 5. The van der Waals surface area contributed by atoms with Gasteiger partial charge in [0.1, 0.15) is 5.82 Å². The number of amides is 1. The van der Waals surface area contributed by atoms with Crippen molar-refractivity contribution in [3.05, 3.63) is 41.7 Å². The number of thioether (sulfide) groups is 1. The molecule has 1 aliphatic heterocycles. The average molecular weight is 360 g/mol. The maximum atomic E-state index is 11.1. The van der Waals surface area contributed by atoms with E-state index in [1.165, 1.54) is 5.56 Å². The summed E-state index contributed by atoms with van der Waals surface area (Å²) < 4.78 is 7.86. The second-order valence-electron chi connectivity index (χ2n) is 6.19. The predicted molar refractivity (Wildman–Crippen MR) is 97.4 cm³/mol. The lowest BCUT2D eigenvalue weighted by Crippen LogP contribution is -2.19. The van der Waals surface area contributed by atoms with Gasteiger partial charge in [0.25, 0.3) is 0 Å². The molecule has 0 saturated carbocycles. The number of nitrogens with zero attached hydrogens (tertiary/aromatic N) is 3. The molecule has 2 heterocycles. The molecular formula is C18H24N4O2S. The largest absolute Gasteiger partial charge is 0.376 e. The summed E-state index contributed by atoms with van der Waals surface area (Å²) in [6.07, 6.45) is 4.15. The number of hydrogen-bond donors (Lipinski definition) is 1. The van der Waals surface area contributed by atoms with Crippen LogP contribution in [0.1, 0.15) is 30.7 Å². The summed E-state index contributed by atoms with van der Waals surface area (Å²) in [5, 5.41) is 9.51. The van der Waals surface area contributed by atoms with E-state index in [0.29, 0.717) is 12.8 Å². The molecule has 0 aliphatic carbocycles. The summed E-state index contributed by atoms with van der Waals surface area (Å²) >= 11 is 1.70. The van der Waals surface area contributed by atoms with Crippen LogP contribution in [0.5, 0.6) is 0 Å². The molecule has 2 N–H and O–H groups in total. The maximum Gasteiger partial charge on any atom is 0.217 e. The minimum Gasteiger partial charge on any atom is -0.376 e. The third-order valence-electron chi connectivity index (χ3n) is 4.26. The molecule has 1 amide bonds. The minimum atomic E-state index is -0.315. The van der Waals surface area contributed by atoms with E-state index >= 15 is 0 Å². The first-order valence-electron chi connectivity index (χ1n) is 8.71. The highest BCUT2D eigenvalue weighted by Crippen LogP contribution is 2.22. The number of aryl methyl sites for hydroxylation is 2. The normalized spacial score (nSPS) is 17.0. The number of nitrogens with two attached hydrogens (primary N) is 1. The van der Waals surface area contributed by atoms with Crippen molar-refractivity contribution in [1.82, 2.24) is 14.8 Å². The van der Waals surface area contributed by atoms with Gasteiger partial charge in [-0.25, -0.2) is 0 Å². The molecule has 2 aromatic rings. The Morgan fingerprint density at radius 2 is 2.12 bits per heavy atom. The second kappa shape index (κ2) is 9.01. The van der Waals surface area contributed by atoms with Gasteiger partial charge in [0.05, 0.1) is 12.6 Å². The van der Waals surface area contributed by atoms with E-state index < -0.39 is 0 Å². The first kappa shape index (κ1) is 17.9. The molecule has 1 aromatic carbocycles. The molecule has 0 radical (unpaired) electrons. The summed E-state index contributed by atoms with van der Waals surface area (Å²) in [5.41, 5.74) is 6.59. The second-order valence-corrected chi connectivity index (χ2v) is 7.26. The van der Waals surface area contributed by atoms with Crippen LogP contribution in [0, 0.1) is 0 Å². The zero-order valence-corrected chi connectivity index (χ0v) is 15.1. The topological polar surface area (TPSA) is 83.0 Å². The van der Waals surface area contributed by atoms with Gasteiger partial charge >= 0.3 is 0 Å². The van der Waals surface area contributed by atoms with Gasteiger partial charge in [-0.2, -0.15) is 0 Å². The van der Waals surface area contributed by atoms with E-state index in [9.17, 15) is 4.79 Å². The zero-order chi connectivity index (χ0) is 17.5. The summed E-state index contributed by atoms with van der Waals surface area (Å²) in [7, 11) is 0. The SMILES string of the molecule is NC(=O)CCc1nnc(SCCc2ccccc2)n1CC1CCCO1. The Morgan fingerprint density at radius 1 is 1.28 bits per heavy atom. The Kier molecular flexibility index (Phi) is 6.47. The van der Waals surface area contributed by atoms with Gasteiger partial charge in [0, 0.05) is 25.2 Å². The van der Waals surface area contributed by atoms with Gasteiger partial charge in [-0.15, -0.1) is 10.2 Å². The molecule has 0 bridgehead atoms. The van der Waals surface area contributed by atoms with Crippen LogP contribution < -0.4 is 5.73 Å². The molecule has 134 valence electrons. The number of aromatic nitrogens is 3. The van der Waals surface area contributed by atoms with E-state index in [-0.39, 0.29) is 12.0 Å². The van der Waals surface area contributed by atoms with Crippen molar-refractivity contribution in [2.45, 2.75) is 49.9 Å². The standard InChI is InChI=1S/C18H24N4O2S/c19-16(23)8-9-17-20-21-18(22(17)13-15-7-4-11-24-15)25-12-10-14-5-2-1-3-6-14/h1-3,5-6,15H,4,7-13H2,(H2,19,23). The molecule has 1 atom stereocenters. The van der Waals surface area contributed by atoms with Crippen molar-refractivity contribution < 1.29 is 9.53 Å². The maximum absolute atomic E-state index is 11.1. The van der Waals surface area contributed by atoms with Crippen molar-refractivity contribution in [2.75, 3.05) is 12.4 Å². The number of rotatable bonds is 9. The van der Waals surface area contributed by atoms with Gasteiger partial charge in [0.2, 0.25) is 5.91 Å². The fourth-order valence-electron chi connectivity index (χ4n) is 2.93. The first-order chi connectivity index (χ1) is 12.2. The zero-order valence-electron chi connectivity index (χ0n) is 14.3. The fourth-order valence-corrected chi connectivity index (χ4v) is 3.88. The average Bonchev–Trinajstić information content (AvgIpc) is 3.25. The summed E-state index contributed by atoms with van der Waals surface area (Å²) in [6.45, 7) is 1.56. The number of primary amides is 1. The molecular weight excluding hydrogens is 336 g/mol. The van der Waals surface area contributed by atoms with Crippen LogP contribution in [0.3, 0.4) is 0 Å². The van der Waals surface area contributed by atoms with E-state index in [4.69, 9.17) is 10.5 Å². The first-order valence-corrected chi connectivity index (χ1v) is 9.69. The Morgan fingerprint density at radius 3 is 2.84 bits per heavy atom. The van der Waals surface area contributed by atoms with Gasteiger partial charge in [0.15, 0.2) is 5.16 Å². The van der Waals surface area contributed by atoms with E-state index in [0.717, 1.165) is 49.1 Å². The lowest BCUT2D eigenvalue weighted by molar-refractivity contribution is -0.118. The molecule has 25 heavy (non-hydrogen) atoms. The van der Waals surface area contributed by atoms with Gasteiger partial charge in [-0.05, 0) is 24.8 Å². The lowest BCUT2D eigenvalue weighted by Gasteiger charge is -2.14. The smallest absolute Gasteiger partial charge is 0.217 e. The van der Waals surface area contributed by atoms with Crippen LogP contribution in [-0.4, -0.2) is 39.1 Å². The number of ether oxygens (including phenoxy) is 1. The van der Waals surface area contributed by atoms with Crippen LogP contribution in [0.2, 0.25) is 0 Å². The molecule has 1 aromatic heterocycles. The van der Waals surface area contributed by atoms with Gasteiger partial charge in [-0.3, -0.25) is 4.79 Å². The Bertz CT molecular complexity index is 684. The third kappa shape index (κ3) is 5.31. The summed E-state index contributed by atoms with van der Waals surface area (Å²) in [5.74, 6) is 1.44. The van der Waals surface area contributed by atoms with Crippen molar-refractivity contribution in [2.24, 2.45) is 5.73 Å². The number of carbonyl (C=O) groups is 1.